The van der Waals surface area contributed by atoms with Crippen LogP contribution in [0.25, 0.3) is 6.08 Å². The topological polar surface area (TPSA) is 65.3 Å². The summed E-state index contributed by atoms with van der Waals surface area (Å²) in [5, 5.41) is 9.28. The number of hydrogen-bond acceptors (Lipinski definition) is 4. The first-order valence-corrected chi connectivity index (χ1v) is 7.06. The number of carbonyl (C=O) groups excluding carboxylic acids is 1. The number of nitrogens with zero attached hydrogens (tertiary/aromatic N) is 3. The van der Waals surface area contributed by atoms with E-state index in [1.165, 1.54) is 0 Å². The van der Waals surface area contributed by atoms with E-state index in [1.54, 1.807) is 42.3 Å². The number of likely N-dealkylation sites (N-methyl/N-ethyl adjacent to an activating group) is 1. The van der Waals surface area contributed by atoms with Crippen LogP contribution in [0.2, 0.25) is 0 Å². The molecule has 0 aliphatic carbocycles. The third-order valence-electron chi connectivity index (χ3n) is 3.65. The fourth-order valence-electron chi connectivity index (χ4n) is 2.47. The van der Waals surface area contributed by atoms with Gasteiger partial charge in [-0.1, -0.05) is 12.1 Å². The second-order valence-corrected chi connectivity index (χ2v) is 5.21. The summed E-state index contributed by atoms with van der Waals surface area (Å²) in [5.41, 5.74) is 2.16. The minimum Gasteiger partial charge on any atom is -0.508 e. The molecule has 21 heavy (non-hydrogen) atoms. The van der Waals surface area contributed by atoms with Crippen molar-refractivity contribution in [2.75, 3.05) is 13.6 Å². The number of hydrogen-bond donors (Lipinski definition) is 1. The molecule has 2 heterocycles. The van der Waals surface area contributed by atoms with Gasteiger partial charge in [-0.3, -0.25) is 14.7 Å². The second kappa shape index (κ2) is 5.52. The van der Waals surface area contributed by atoms with Gasteiger partial charge in [-0.15, -0.1) is 0 Å². The fourth-order valence-corrected chi connectivity index (χ4v) is 2.47. The average molecular weight is 283 g/mol. The first-order valence-electron chi connectivity index (χ1n) is 7.06. The van der Waals surface area contributed by atoms with E-state index < -0.39 is 0 Å². The first kappa shape index (κ1) is 13.5. The molecule has 0 aromatic heterocycles. The summed E-state index contributed by atoms with van der Waals surface area (Å²) >= 11 is 0. The van der Waals surface area contributed by atoms with Gasteiger partial charge < -0.3 is 5.11 Å². The maximum Gasteiger partial charge on any atom is 0.277 e. The molecule has 0 fully saturated rings. The highest BCUT2D eigenvalue weighted by molar-refractivity contribution is 6.46. The van der Waals surface area contributed by atoms with Gasteiger partial charge in [0.1, 0.15) is 11.4 Å². The van der Waals surface area contributed by atoms with Crippen molar-refractivity contribution in [2.24, 2.45) is 9.98 Å². The molecule has 1 aromatic carbocycles. The quantitative estimate of drug-likeness (QED) is 0.846. The predicted molar refractivity (Wildman–Crippen MR) is 82.4 cm³/mol. The van der Waals surface area contributed by atoms with Gasteiger partial charge >= 0.3 is 0 Å². The molecule has 0 spiro atoms. The van der Waals surface area contributed by atoms with Crippen LogP contribution < -0.4 is 0 Å². The van der Waals surface area contributed by atoms with Crippen LogP contribution in [0.3, 0.4) is 0 Å². The maximum atomic E-state index is 12.3. The third kappa shape index (κ3) is 2.72. The molecule has 0 unspecified atom stereocenters. The number of phenols is 1. The van der Waals surface area contributed by atoms with Gasteiger partial charge in [-0.25, -0.2) is 4.99 Å². The van der Waals surface area contributed by atoms with E-state index in [1.807, 2.05) is 0 Å². The highest BCUT2D eigenvalue weighted by atomic mass is 16.3. The van der Waals surface area contributed by atoms with Crippen LogP contribution in [0.15, 0.2) is 39.9 Å². The minimum atomic E-state index is -0.119. The molecular formula is C16H17N3O2. The van der Waals surface area contributed by atoms with Gasteiger partial charge in [0, 0.05) is 13.6 Å². The van der Waals surface area contributed by atoms with E-state index in [-0.39, 0.29) is 11.7 Å². The van der Waals surface area contributed by atoms with Crippen LogP contribution in [-0.2, 0) is 4.79 Å². The van der Waals surface area contributed by atoms with Gasteiger partial charge in [0.2, 0.25) is 0 Å². The van der Waals surface area contributed by atoms with Gasteiger partial charge in [0.05, 0.1) is 5.71 Å². The van der Waals surface area contributed by atoms with Crippen molar-refractivity contribution in [1.29, 1.82) is 0 Å². The van der Waals surface area contributed by atoms with Crippen molar-refractivity contribution in [3.63, 3.8) is 0 Å². The number of carbonyl (C=O) groups is 1. The van der Waals surface area contributed by atoms with Crippen molar-refractivity contribution < 1.29 is 9.90 Å². The Labute approximate surface area is 123 Å². The normalized spacial score (nSPS) is 20.7. The van der Waals surface area contributed by atoms with Crippen LogP contribution in [0, 0.1) is 0 Å². The van der Waals surface area contributed by atoms with Gasteiger partial charge in [0.15, 0.2) is 5.84 Å². The van der Waals surface area contributed by atoms with Crippen LogP contribution in [0.5, 0.6) is 5.75 Å². The second-order valence-electron chi connectivity index (χ2n) is 5.21. The SMILES string of the molecule is CN1C(=O)/C(=C\c2ccc(O)cc2)N=C1C1=NCCCC1. The number of phenolic OH excluding ortho intramolecular Hbond substituents is 1. The number of aliphatic imine (C=N–C) groups is 2. The van der Waals surface area contributed by atoms with E-state index in [0.717, 1.165) is 37.1 Å². The van der Waals surface area contributed by atoms with E-state index in [0.29, 0.717) is 11.5 Å². The number of aromatic hydroxyl groups is 1. The van der Waals surface area contributed by atoms with E-state index in [4.69, 9.17) is 0 Å². The molecule has 0 bridgehead atoms. The molecule has 2 aliphatic rings. The standard InChI is InChI=1S/C16H17N3O2/c1-19-15(13-4-2-3-9-17-13)18-14(16(19)21)10-11-5-7-12(20)8-6-11/h5-8,10,20H,2-4,9H2,1H3/b14-10+. The van der Waals surface area contributed by atoms with Gasteiger partial charge in [0.25, 0.3) is 5.91 Å². The van der Waals surface area contributed by atoms with Crippen LogP contribution in [0.1, 0.15) is 24.8 Å². The lowest BCUT2D eigenvalue weighted by molar-refractivity contribution is -0.121. The van der Waals surface area contributed by atoms with Crippen LogP contribution >= 0.6 is 0 Å². The molecule has 5 heteroatoms. The summed E-state index contributed by atoms with van der Waals surface area (Å²) < 4.78 is 0. The molecule has 2 aliphatic heterocycles. The lowest BCUT2D eigenvalue weighted by atomic mass is 10.1. The Balaban J connectivity index is 1.92. The summed E-state index contributed by atoms with van der Waals surface area (Å²) in [6.07, 6.45) is 4.80. The molecule has 1 amide bonds. The highest BCUT2D eigenvalue weighted by Gasteiger charge is 2.30. The van der Waals surface area contributed by atoms with Crippen molar-refractivity contribution in [3.05, 3.63) is 35.5 Å². The fraction of sp³-hybridized carbons (Fsp3) is 0.312. The molecule has 108 valence electrons. The average Bonchev–Trinajstić information content (AvgIpc) is 2.79. The largest absolute Gasteiger partial charge is 0.508 e. The molecular weight excluding hydrogens is 266 g/mol. The zero-order valence-corrected chi connectivity index (χ0v) is 11.9. The number of rotatable bonds is 2. The lowest BCUT2D eigenvalue weighted by Gasteiger charge is -2.16. The summed E-state index contributed by atoms with van der Waals surface area (Å²) in [5.74, 6) is 0.754. The van der Waals surface area contributed by atoms with Crippen LogP contribution in [0.4, 0.5) is 0 Å². The molecule has 1 aromatic rings. The number of benzene rings is 1. The Bertz CT molecular complexity index is 657. The molecule has 0 saturated heterocycles. The Hall–Kier alpha value is -2.43. The molecule has 0 atom stereocenters. The van der Waals surface area contributed by atoms with Crippen LogP contribution in [-0.4, -0.2) is 41.1 Å². The zero-order chi connectivity index (χ0) is 14.8. The molecule has 0 saturated carbocycles. The molecule has 0 radical (unpaired) electrons. The molecule has 3 rings (SSSR count). The van der Waals surface area contributed by atoms with Gasteiger partial charge in [-0.2, -0.15) is 0 Å². The molecule has 1 N–H and O–H groups in total. The maximum absolute atomic E-state index is 12.3. The number of amides is 1. The predicted octanol–water partition coefficient (Wildman–Crippen LogP) is 2.23. The van der Waals surface area contributed by atoms with Gasteiger partial charge in [-0.05, 0) is 43.0 Å². The monoisotopic (exact) mass is 283 g/mol. The summed E-state index contributed by atoms with van der Waals surface area (Å²) in [6.45, 7) is 0.813. The Morgan fingerprint density at radius 1 is 1.24 bits per heavy atom. The van der Waals surface area contributed by atoms with E-state index in [2.05, 4.69) is 9.98 Å². The zero-order valence-electron chi connectivity index (χ0n) is 11.9. The van der Waals surface area contributed by atoms with Crippen molar-refractivity contribution in [2.45, 2.75) is 19.3 Å². The van der Waals surface area contributed by atoms with Crippen molar-refractivity contribution >= 4 is 23.5 Å². The Kier molecular flexibility index (Phi) is 3.56. The summed E-state index contributed by atoms with van der Waals surface area (Å²) in [4.78, 5) is 22.8. The lowest BCUT2D eigenvalue weighted by Crippen LogP contribution is -2.34. The van der Waals surface area contributed by atoms with Crippen molar-refractivity contribution in [1.82, 2.24) is 4.90 Å². The van der Waals surface area contributed by atoms with Crippen molar-refractivity contribution in [3.8, 4) is 5.75 Å². The first-order chi connectivity index (χ1) is 10.1. The minimum absolute atomic E-state index is 0.119. The van der Waals surface area contributed by atoms with E-state index in [9.17, 15) is 9.90 Å². The number of amidine groups is 1. The Morgan fingerprint density at radius 3 is 2.67 bits per heavy atom. The molecule has 5 nitrogen and oxygen atoms in total. The summed E-state index contributed by atoms with van der Waals surface area (Å²) in [7, 11) is 1.73. The third-order valence-corrected chi connectivity index (χ3v) is 3.65. The summed E-state index contributed by atoms with van der Waals surface area (Å²) in [6, 6.07) is 6.68. The highest BCUT2D eigenvalue weighted by Crippen LogP contribution is 2.21. The smallest absolute Gasteiger partial charge is 0.277 e. The Morgan fingerprint density at radius 2 is 2.00 bits per heavy atom. The van der Waals surface area contributed by atoms with E-state index >= 15 is 0 Å².